The van der Waals surface area contributed by atoms with E-state index in [1.807, 2.05) is 0 Å². The number of carbonyl (C=O) groups excluding carboxylic acids is 4. The molecule has 0 spiro atoms. The molecule has 0 aromatic heterocycles. The van der Waals surface area contributed by atoms with E-state index in [1.165, 1.54) is 108 Å². The third kappa shape index (κ3) is 8.87. The Morgan fingerprint density at radius 2 is 0.817 bits per heavy atom. The number of rotatable bonds is 8. The quantitative estimate of drug-likeness (QED) is 0.135. The van der Waals surface area contributed by atoms with Gasteiger partial charge in [0.25, 0.3) is 0 Å². The van der Waals surface area contributed by atoms with Crippen molar-refractivity contribution in [2.24, 2.45) is 88.8 Å². The fourth-order valence-electron chi connectivity index (χ4n) is 16.5. The van der Waals surface area contributed by atoms with E-state index < -0.39 is 0 Å². The van der Waals surface area contributed by atoms with Crippen LogP contribution in [0.3, 0.4) is 0 Å². The first kappa shape index (κ1) is 43.5. The zero-order valence-electron chi connectivity index (χ0n) is 36.7. The van der Waals surface area contributed by atoms with Crippen LogP contribution in [0.25, 0.3) is 0 Å². The Balaban J connectivity index is 0.000000111. The lowest BCUT2D eigenvalue weighted by molar-refractivity contribution is -0.181. The van der Waals surface area contributed by atoms with Gasteiger partial charge >= 0.3 is 23.9 Å². The summed E-state index contributed by atoms with van der Waals surface area (Å²) in [5.41, 5.74) is -0.0972. The standard InChI is InChI=1S/C14H20O2.2C13H18O2.C12H18O2/c1-2-14(15)16-13-8-9-7-12(13)11-6-4-3-5-10(9)11;1-2-12(14)15-13-6-9-3-10(7-13)5-11(4-9)8-13;1-2-13(14)15-12-7-8-6-11(12)10-5-3-4-9(8)10;1-4-12(13)14-11-6-9-5-10(11)8(3)7(9)2/h2,9-13H,1,3-8H2;2,9-11H,1,3-8H2;2,8-12H,1,3-7H2;4,7-11H,1,5-6H2,2-3H3. The second kappa shape index (κ2) is 18.3. The SMILES string of the molecule is C=CC(=O)OC12CC3CC(CC(C3)C1)C2.C=CC(=O)OC1CC2CC1C(C)C2C.C=CC(=O)OC1CC2CC1C1CCCC21.C=CC(=O)OC1CC2CC1C1CCCCC21. The molecular weight excluding hydrogens is 753 g/mol. The molecule has 15 atom stereocenters. The molecule has 0 aromatic carbocycles. The summed E-state index contributed by atoms with van der Waals surface area (Å²) in [6.07, 6.45) is 30.1. The van der Waals surface area contributed by atoms with Crippen LogP contribution in [0.4, 0.5) is 0 Å². The van der Waals surface area contributed by atoms with Crippen LogP contribution in [0.1, 0.15) is 136 Å². The minimum atomic E-state index is -0.262. The summed E-state index contributed by atoms with van der Waals surface area (Å²) >= 11 is 0. The van der Waals surface area contributed by atoms with Crippen molar-refractivity contribution in [3.63, 3.8) is 0 Å². The van der Waals surface area contributed by atoms with Crippen molar-refractivity contribution in [1.29, 1.82) is 0 Å². The number of carbonyl (C=O) groups is 4. The highest BCUT2D eigenvalue weighted by Crippen LogP contribution is 2.61. The maximum atomic E-state index is 11.4. The van der Waals surface area contributed by atoms with E-state index in [9.17, 15) is 19.2 Å². The minimum absolute atomic E-state index is 0.0972. The Morgan fingerprint density at radius 1 is 0.433 bits per heavy atom. The fourth-order valence-corrected chi connectivity index (χ4v) is 16.5. The predicted molar refractivity (Wildman–Crippen MR) is 231 cm³/mol. The van der Waals surface area contributed by atoms with Crippen LogP contribution in [0.15, 0.2) is 50.6 Å². The third-order valence-electron chi connectivity index (χ3n) is 18.6. The molecule has 0 radical (unpaired) electrons. The molecule has 12 rings (SSSR count). The number of hydrogen-bond acceptors (Lipinski definition) is 8. The van der Waals surface area contributed by atoms with E-state index in [-0.39, 0.29) is 47.8 Å². The summed E-state index contributed by atoms with van der Waals surface area (Å²) in [4.78, 5) is 44.9. The van der Waals surface area contributed by atoms with Gasteiger partial charge in [-0.2, -0.15) is 0 Å². The second-order valence-electron chi connectivity index (χ2n) is 21.5. The van der Waals surface area contributed by atoms with Gasteiger partial charge in [0.15, 0.2) is 0 Å². The van der Waals surface area contributed by atoms with Crippen molar-refractivity contribution in [3.05, 3.63) is 50.6 Å². The Morgan fingerprint density at radius 3 is 1.25 bits per heavy atom. The van der Waals surface area contributed by atoms with E-state index in [2.05, 4.69) is 40.2 Å². The molecule has 12 aliphatic carbocycles. The number of esters is 4. The van der Waals surface area contributed by atoms with Crippen molar-refractivity contribution < 1.29 is 38.1 Å². The molecule has 10 bridgehead atoms. The van der Waals surface area contributed by atoms with Crippen molar-refractivity contribution in [2.75, 3.05) is 0 Å². The van der Waals surface area contributed by atoms with E-state index in [1.54, 1.807) is 0 Å². The number of ether oxygens (including phenoxy) is 4. The first-order valence-electron chi connectivity index (χ1n) is 24.3. The van der Waals surface area contributed by atoms with Gasteiger partial charge in [-0.1, -0.05) is 59.4 Å². The lowest BCUT2D eigenvalue weighted by Gasteiger charge is -2.55. The Labute approximate surface area is 360 Å². The molecule has 0 aliphatic heterocycles. The van der Waals surface area contributed by atoms with Gasteiger partial charge in [0.05, 0.1) is 0 Å². The molecular formula is C52H74O8. The number of hydrogen-bond donors (Lipinski definition) is 0. The van der Waals surface area contributed by atoms with Crippen molar-refractivity contribution in [2.45, 2.75) is 160 Å². The molecule has 12 fully saturated rings. The summed E-state index contributed by atoms with van der Waals surface area (Å²) in [5.74, 6) is 11.1. The van der Waals surface area contributed by atoms with Gasteiger partial charge in [-0.15, -0.1) is 0 Å². The highest BCUT2D eigenvalue weighted by molar-refractivity contribution is 5.82. The van der Waals surface area contributed by atoms with Crippen LogP contribution in [0.2, 0.25) is 0 Å². The second-order valence-corrected chi connectivity index (χ2v) is 21.5. The van der Waals surface area contributed by atoms with Crippen LogP contribution in [0, 0.1) is 88.8 Å². The van der Waals surface area contributed by atoms with Gasteiger partial charge in [-0.25, -0.2) is 19.2 Å². The summed E-state index contributed by atoms with van der Waals surface area (Å²) in [6.45, 7) is 18.4. The average molecular weight is 827 g/mol. The first-order chi connectivity index (χ1) is 28.9. The zero-order chi connectivity index (χ0) is 42.3. The summed E-state index contributed by atoms with van der Waals surface area (Å²) < 4.78 is 21.9. The largest absolute Gasteiger partial charge is 0.459 e. The van der Waals surface area contributed by atoms with Gasteiger partial charge in [-0.3, -0.25) is 0 Å². The topological polar surface area (TPSA) is 105 Å². The van der Waals surface area contributed by atoms with Gasteiger partial charge in [0.1, 0.15) is 23.9 Å². The van der Waals surface area contributed by atoms with E-state index in [0.29, 0.717) is 23.7 Å². The van der Waals surface area contributed by atoms with Crippen molar-refractivity contribution in [1.82, 2.24) is 0 Å². The molecule has 0 saturated heterocycles. The Kier molecular flexibility index (Phi) is 13.3. The van der Waals surface area contributed by atoms with Gasteiger partial charge in [0, 0.05) is 24.3 Å². The first-order valence-corrected chi connectivity index (χ1v) is 24.3. The lowest BCUT2D eigenvalue weighted by Crippen LogP contribution is -2.52. The minimum Gasteiger partial charge on any atom is -0.459 e. The smallest absolute Gasteiger partial charge is 0.330 e. The van der Waals surface area contributed by atoms with Gasteiger partial charge in [0.2, 0.25) is 0 Å². The van der Waals surface area contributed by atoms with Crippen molar-refractivity contribution in [3.8, 4) is 0 Å². The molecule has 0 N–H and O–H groups in total. The normalized spacial score (nSPS) is 45.8. The van der Waals surface area contributed by atoms with Crippen LogP contribution >= 0.6 is 0 Å². The summed E-state index contributed by atoms with van der Waals surface area (Å²) in [7, 11) is 0. The van der Waals surface area contributed by atoms with E-state index >= 15 is 0 Å². The van der Waals surface area contributed by atoms with Crippen LogP contribution < -0.4 is 0 Å². The molecule has 330 valence electrons. The molecule has 0 aromatic rings. The molecule has 12 saturated carbocycles. The average Bonchev–Trinajstić information content (AvgIpc) is 4.11. The van der Waals surface area contributed by atoms with Crippen LogP contribution in [-0.4, -0.2) is 47.8 Å². The molecule has 12 aliphatic rings. The molecule has 0 amide bonds. The van der Waals surface area contributed by atoms with Gasteiger partial charge < -0.3 is 18.9 Å². The third-order valence-corrected chi connectivity index (χ3v) is 18.6. The van der Waals surface area contributed by atoms with E-state index in [4.69, 9.17) is 18.9 Å². The molecule has 60 heavy (non-hydrogen) atoms. The monoisotopic (exact) mass is 827 g/mol. The van der Waals surface area contributed by atoms with Crippen molar-refractivity contribution >= 4 is 23.9 Å². The highest BCUT2D eigenvalue weighted by Gasteiger charge is 2.56. The lowest BCUT2D eigenvalue weighted by atomic mass is 9.54. The molecule has 8 nitrogen and oxygen atoms in total. The highest BCUT2D eigenvalue weighted by atomic mass is 16.6. The summed E-state index contributed by atoms with van der Waals surface area (Å²) in [5, 5.41) is 0. The maximum absolute atomic E-state index is 11.4. The predicted octanol–water partition coefficient (Wildman–Crippen LogP) is 10.6. The van der Waals surface area contributed by atoms with Crippen LogP contribution in [-0.2, 0) is 38.1 Å². The maximum Gasteiger partial charge on any atom is 0.330 e. The fraction of sp³-hybridized carbons (Fsp3) is 0.769. The van der Waals surface area contributed by atoms with Crippen LogP contribution in [0.5, 0.6) is 0 Å². The van der Waals surface area contributed by atoms with E-state index in [0.717, 1.165) is 104 Å². The molecule has 0 heterocycles. The Bertz CT molecular complexity index is 1610. The molecule has 8 heteroatoms. The molecule has 15 unspecified atom stereocenters. The Hall–Kier alpha value is -3.16. The zero-order valence-corrected chi connectivity index (χ0v) is 36.7. The van der Waals surface area contributed by atoms with Gasteiger partial charge in [-0.05, 0) is 192 Å². The summed E-state index contributed by atoms with van der Waals surface area (Å²) in [6, 6.07) is 0. The number of fused-ring (bicyclic) bond motifs is 12.